The Hall–Kier alpha value is -4.36. The van der Waals surface area contributed by atoms with Gasteiger partial charge in [0.1, 0.15) is 22.2 Å². The van der Waals surface area contributed by atoms with Crippen LogP contribution in [0.2, 0.25) is 0 Å². The van der Waals surface area contributed by atoms with E-state index >= 15 is 0 Å². The Morgan fingerprint density at radius 2 is 1.57 bits per heavy atom. The second-order valence-corrected chi connectivity index (χ2v) is 10.9. The SMILES string of the molecule is CCOC(=O)C1(c2ccc(-c3ccc(-c4onc(C)c4Nc4cccc(Sc5ccccc5)n4)cc3)cc2)CC1. The molecule has 1 aliphatic rings. The predicted molar refractivity (Wildman–Crippen MR) is 158 cm³/mol. The summed E-state index contributed by atoms with van der Waals surface area (Å²) in [7, 11) is 0. The molecule has 0 unspecified atom stereocenters. The van der Waals surface area contributed by atoms with Crippen molar-refractivity contribution >= 4 is 29.2 Å². The topological polar surface area (TPSA) is 77.2 Å². The van der Waals surface area contributed by atoms with Crippen LogP contribution in [0.25, 0.3) is 22.5 Å². The standard InChI is InChI=1S/C33H29N3O3S/c1-3-38-32(37)33(20-21-33)26-18-16-24(17-19-26)23-12-14-25(15-13-23)31-30(22(2)36-39-31)35-28-10-7-11-29(34-28)40-27-8-5-4-6-9-27/h4-19H,3,20-21H2,1-2H3,(H,34,35). The van der Waals surface area contributed by atoms with Crippen LogP contribution in [0, 0.1) is 6.92 Å². The largest absolute Gasteiger partial charge is 0.465 e. The zero-order valence-electron chi connectivity index (χ0n) is 22.4. The van der Waals surface area contributed by atoms with Crippen molar-refractivity contribution in [2.75, 3.05) is 11.9 Å². The molecule has 1 aliphatic carbocycles. The van der Waals surface area contributed by atoms with Crippen LogP contribution in [0.3, 0.4) is 0 Å². The van der Waals surface area contributed by atoms with Gasteiger partial charge in [-0.15, -0.1) is 0 Å². The molecule has 2 aromatic heterocycles. The fourth-order valence-corrected chi connectivity index (χ4v) is 5.62. The van der Waals surface area contributed by atoms with Gasteiger partial charge in [0, 0.05) is 10.5 Å². The Labute approximate surface area is 237 Å². The van der Waals surface area contributed by atoms with Gasteiger partial charge < -0.3 is 14.6 Å². The predicted octanol–water partition coefficient (Wildman–Crippen LogP) is 8.20. The number of nitrogens with zero attached hydrogens (tertiary/aromatic N) is 2. The number of carbonyl (C=O) groups is 1. The molecule has 6 rings (SSSR count). The summed E-state index contributed by atoms with van der Waals surface area (Å²) in [5.74, 6) is 1.27. The average molecular weight is 548 g/mol. The van der Waals surface area contributed by atoms with Crippen LogP contribution < -0.4 is 5.32 Å². The Morgan fingerprint density at radius 3 is 2.25 bits per heavy atom. The van der Waals surface area contributed by atoms with E-state index in [0.29, 0.717) is 12.4 Å². The number of hydrogen-bond donors (Lipinski definition) is 1. The van der Waals surface area contributed by atoms with Crippen LogP contribution in [0.5, 0.6) is 0 Å². The summed E-state index contributed by atoms with van der Waals surface area (Å²) in [5.41, 5.74) is 5.19. The number of benzene rings is 3. The molecule has 1 fully saturated rings. The van der Waals surface area contributed by atoms with Gasteiger partial charge in [0.15, 0.2) is 5.76 Å². The molecule has 6 nitrogen and oxygen atoms in total. The number of nitrogens with one attached hydrogen (secondary N) is 1. The molecule has 0 spiro atoms. The molecule has 1 saturated carbocycles. The van der Waals surface area contributed by atoms with Crippen molar-refractivity contribution in [2.24, 2.45) is 0 Å². The maximum atomic E-state index is 12.4. The normalized spacial score (nSPS) is 13.6. The number of ether oxygens (including phenoxy) is 1. The Kier molecular flexibility index (Phi) is 7.13. The van der Waals surface area contributed by atoms with E-state index in [1.54, 1.807) is 11.8 Å². The molecular formula is C33H29N3O3S. The van der Waals surface area contributed by atoms with Gasteiger partial charge in [0.2, 0.25) is 0 Å². The zero-order chi connectivity index (χ0) is 27.5. The van der Waals surface area contributed by atoms with Gasteiger partial charge in [-0.25, -0.2) is 4.98 Å². The fraction of sp³-hybridized carbons (Fsp3) is 0.182. The van der Waals surface area contributed by atoms with E-state index in [4.69, 9.17) is 14.2 Å². The minimum absolute atomic E-state index is 0.115. The molecule has 7 heteroatoms. The molecule has 40 heavy (non-hydrogen) atoms. The molecular weight excluding hydrogens is 518 g/mol. The van der Waals surface area contributed by atoms with E-state index in [9.17, 15) is 4.79 Å². The first-order valence-electron chi connectivity index (χ1n) is 13.4. The maximum Gasteiger partial charge on any atom is 0.316 e. The number of anilines is 2. The monoisotopic (exact) mass is 547 g/mol. The maximum absolute atomic E-state index is 12.4. The molecule has 2 heterocycles. The van der Waals surface area contributed by atoms with Crippen molar-refractivity contribution in [2.45, 2.75) is 42.0 Å². The highest BCUT2D eigenvalue weighted by Crippen LogP contribution is 2.49. The van der Waals surface area contributed by atoms with Gasteiger partial charge in [-0.05, 0) is 67.6 Å². The van der Waals surface area contributed by atoms with E-state index in [-0.39, 0.29) is 5.97 Å². The number of esters is 1. The summed E-state index contributed by atoms with van der Waals surface area (Å²) in [6.07, 6.45) is 1.69. The highest BCUT2D eigenvalue weighted by atomic mass is 32.2. The molecule has 1 N–H and O–H groups in total. The first kappa shape index (κ1) is 25.9. The Balaban J connectivity index is 1.19. The highest BCUT2D eigenvalue weighted by molar-refractivity contribution is 7.99. The third-order valence-corrected chi connectivity index (χ3v) is 8.08. The third-order valence-electron chi connectivity index (χ3n) is 7.14. The van der Waals surface area contributed by atoms with Gasteiger partial charge in [-0.2, -0.15) is 0 Å². The van der Waals surface area contributed by atoms with Gasteiger partial charge >= 0.3 is 5.97 Å². The lowest BCUT2D eigenvalue weighted by atomic mass is 9.93. The molecule has 0 bridgehead atoms. The van der Waals surface area contributed by atoms with Crippen LogP contribution >= 0.6 is 11.8 Å². The smallest absolute Gasteiger partial charge is 0.316 e. The van der Waals surface area contributed by atoms with Gasteiger partial charge in [0.25, 0.3) is 0 Å². The minimum atomic E-state index is -0.458. The zero-order valence-corrected chi connectivity index (χ0v) is 23.2. The minimum Gasteiger partial charge on any atom is -0.465 e. The van der Waals surface area contributed by atoms with Gasteiger partial charge in [0.05, 0.1) is 12.0 Å². The lowest BCUT2D eigenvalue weighted by Gasteiger charge is -2.14. The first-order chi connectivity index (χ1) is 19.6. The second kappa shape index (κ2) is 11.0. The lowest BCUT2D eigenvalue weighted by molar-refractivity contribution is -0.146. The molecule has 0 atom stereocenters. The van der Waals surface area contributed by atoms with Gasteiger partial charge in [-0.1, -0.05) is 89.7 Å². The number of aromatic nitrogens is 2. The highest BCUT2D eigenvalue weighted by Gasteiger charge is 2.52. The summed E-state index contributed by atoms with van der Waals surface area (Å²) in [5, 5.41) is 8.54. The number of aryl methyl sites for hydroxylation is 1. The van der Waals surface area contributed by atoms with Crippen molar-refractivity contribution in [3.05, 3.63) is 108 Å². The van der Waals surface area contributed by atoms with Crippen LogP contribution in [0.4, 0.5) is 11.5 Å². The van der Waals surface area contributed by atoms with Gasteiger partial charge in [-0.3, -0.25) is 4.79 Å². The third kappa shape index (κ3) is 5.25. The molecule has 0 radical (unpaired) electrons. The summed E-state index contributed by atoms with van der Waals surface area (Å²) in [6.45, 7) is 4.17. The molecule has 200 valence electrons. The number of pyridine rings is 1. The summed E-state index contributed by atoms with van der Waals surface area (Å²) in [4.78, 5) is 18.4. The van der Waals surface area contributed by atoms with Crippen molar-refractivity contribution in [1.29, 1.82) is 0 Å². The summed E-state index contributed by atoms with van der Waals surface area (Å²) >= 11 is 1.61. The first-order valence-corrected chi connectivity index (χ1v) is 14.2. The van der Waals surface area contributed by atoms with E-state index in [1.165, 1.54) is 0 Å². The molecule has 3 aromatic carbocycles. The van der Waals surface area contributed by atoms with Crippen molar-refractivity contribution in [1.82, 2.24) is 10.1 Å². The summed E-state index contributed by atoms with van der Waals surface area (Å²) in [6, 6.07) is 32.5. The average Bonchev–Trinajstić information content (AvgIpc) is 3.73. The van der Waals surface area contributed by atoms with E-state index in [1.807, 2.05) is 74.5 Å². The van der Waals surface area contributed by atoms with E-state index < -0.39 is 5.41 Å². The van der Waals surface area contributed by atoms with E-state index in [0.717, 1.165) is 62.2 Å². The Bertz CT molecular complexity index is 1630. The fourth-order valence-electron chi connectivity index (χ4n) is 4.79. The van der Waals surface area contributed by atoms with Crippen LogP contribution in [0.15, 0.2) is 112 Å². The molecule has 0 saturated heterocycles. The number of hydrogen-bond acceptors (Lipinski definition) is 7. The molecule has 5 aromatic rings. The molecule has 0 aliphatic heterocycles. The Morgan fingerprint density at radius 1 is 0.900 bits per heavy atom. The molecule has 0 amide bonds. The quantitative estimate of drug-likeness (QED) is 0.186. The van der Waals surface area contributed by atoms with E-state index in [2.05, 4.69) is 46.9 Å². The van der Waals surface area contributed by atoms with Crippen LogP contribution in [-0.4, -0.2) is 22.7 Å². The number of rotatable bonds is 9. The van der Waals surface area contributed by atoms with Crippen molar-refractivity contribution in [3.63, 3.8) is 0 Å². The van der Waals surface area contributed by atoms with Crippen LogP contribution in [-0.2, 0) is 14.9 Å². The van der Waals surface area contributed by atoms with Crippen molar-refractivity contribution in [3.8, 4) is 22.5 Å². The number of carbonyl (C=O) groups excluding carboxylic acids is 1. The van der Waals surface area contributed by atoms with Crippen molar-refractivity contribution < 1.29 is 14.1 Å². The summed E-state index contributed by atoms with van der Waals surface area (Å²) < 4.78 is 11.0. The lowest BCUT2D eigenvalue weighted by Crippen LogP contribution is -2.23. The van der Waals surface area contributed by atoms with Crippen LogP contribution in [0.1, 0.15) is 31.0 Å². The second-order valence-electron chi connectivity index (χ2n) is 9.83.